The van der Waals surface area contributed by atoms with Crippen LogP contribution in [-0.2, 0) is 4.79 Å². The van der Waals surface area contributed by atoms with Gasteiger partial charge in [0.25, 0.3) is 0 Å². The predicted octanol–water partition coefficient (Wildman–Crippen LogP) is 0.940. The van der Waals surface area contributed by atoms with Crippen LogP contribution in [0.4, 0.5) is 8.78 Å². The molecule has 0 aliphatic carbocycles. The van der Waals surface area contributed by atoms with Crippen molar-refractivity contribution in [3.63, 3.8) is 0 Å². The van der Waals surface area contributed by atoms with Crippen LogP contribution in [0.3, 0.4) is 0 Å². The molecule has 0 aromatic carbocycles. The first-order chi connectivity index (χ1) is 5.15. The highest BCUT2D eigenvalue weighted by Crippen LogP contribution is 2.16. The monoisotopic (exact) mass is 275 g/mol. The summed E-state index contributed by atoms with van der Waals surface area (Å²) in [4.78, 5) is 12.1. The summed E-state index contributed by atoms with van der Waals surface area (Å²) in [5, 5.41) is 0. The van der Waals surface area contributed by atoms with Gasteiger partial charge in [-0.05, 0) is 0 Å². The highest BCUT2D eigenvalue weighted by Gasteiger charge is 2.34. The average Bonchev–Trinajstić information content (AvgIpc) is 2.31. The number of carbonyl (C=O) groups is 1. The molecule has 64 valence electrons. The zero-order valence-corrected chi connectivity index (χ0v) is 7.92. The second-order valence-electron chi connectivity index (χ2n) is 2.46. The van der Waals surface area contributed by atoms with Crippen LogP contribution in [0.2, 0.25) is 0 Å². The topological polar surface area (TPSA) is 20.3 Å². The Morgan fingerprint density at radius 3 is 2.27 bits per heavy atom. The molecule has 1 rings (SSSR count). The Hall–Kier alpha value is 0.0600. The molecule has 11 heavy (non-hydrogen) atoms. The normalized spacial score (nSPS) is 31.0. The Morgan fingerprint density at radius 2 is 1.91 bits per heavy atom. The van der Waals surface area contributed by atoms with Gasteiger partial charge in [-0.1, -0.05) is 22.6 Å². The van der Waals surface area contributed by atoms with E-state index in [1.165, 1.54) is 4.90 Å². The van der Waals surface area contributed by atoms with Gasteiger partial charge in [-0.25, -0.2) is 8.78 Å². The SMILES string of the molecule is O=C(CI)N1C[C@@H](F)[C@@H](F)C1. The van der Waals surface area contributed by atoms with Crippen molar-refractivity contribution in [2.75, 3.05) is 17.5 Å². The maximum atomic E-state index is 12.5. The lowest BCUT2D eigenvalue weighted by atomic mass is 10.3. The quantitative estimate of drug-likeness (QED) is 0.515. The van der Waals surface area contributed by atoms with E-state index >= 15 is 0 Å². The van der Waals surface area contributed by atoms with Crippen molar-refractivity contribution < 1.29 is 13.6 Å². The van der Waals surface area contributed by atoms with Crippen LogP contribution in [0.1, 0.15) is 0 Å². The molecule has 1 heterocycles. The lowest BCUT2D eigenvalue weighted by molar-refractivity contribution is -0.127. The molecule has 0 unspecified atom stereocenters. The van der Waals surface area contributed by atoms with E-state index in [0.717, 1.165) is 0 Å². The van der Waals surface area contributed by atoms with E-state index in [1.54, 1.807) is 0 Å². The Morgan fingerprint density at radius 1 is 1.45 bits per heavy atom. The summed E-state index contributed by atoms with van der Waals surface area (Å²) < 4.78 is 25.3. The van der Waals surface area contributed by atoms with E-state index < -0.39 is 12.3 Å². The molecule has 2 atom stereocenters. The second kappa shape index (κ2) is 3.64. The first-order valence-corrected chi connectivity index (χ1v) is 4.79. The molecule has 1 amide bonds. The number of rotatable bonds is 1. The summed E-state index contributed by atoms with van der Waals surface area (Å²) in [7, 11) is 0. The fourth-order valence-electron chi connectivity index (χ4n) is 1.01. The average molecular weight is 275 g/mol. The number of likely N-dealkylation sites (tertiary alicyclic amines) is 1. The number of hydrogen-bond acceptors (Lipinski definition) is 1. The maximum absolute atomic E-state index is 12.5. The second-order valence-corrected chi connectivity index (χ2v) is 3.23. The molecule has 0 radical (unpaired) electrons. The van der Waals surface area contributed by atoms with Gasteiger partial charge in [-0.2, -0.15) is 0 Å². The highest BCUT2D eigenvalue weighted by atomic mass is 127. The Bertz CT molecular complexity index is 157. The third-order valence-electron chi connectivity index (χ3n) is 1.65. The van der Waals surface area contributed by atoms with E-state index in [1.807, 2.05) is 22.6 Å². The van der Waals surface area contributed by atoms with Crippen LogP contribution < -0.4 is 0 Å². The summed E-state index contributed by atoms with van der Waals surface area (Å²) in [5.74, 6) is -0.187. The molecule has 0 aromatic rings. The Labute approximate surface area is 77.1 Å². The van der Waals surface area contributed by atoms with Gasteiger partial charge in [0.1, 0.15) is 0 Å². The standard InChI is InChI=1S/C6H8F2INO/c7-4-2-10(3-5(4)8)6(11)1-9/h4-5H,1-3H2/t4-,5+. The maximum Gasteiger partial charge on any atom is 0.232 e. The summed E-state index contributed by atoms with van der Waals surface area (Å²) in [6, 6.07) is 0. The smallest absolute Gasteiger partial charge is 0.232 e. The Kier molecular flexibility index (Phi) is 3.03. The summed E-state index contributed by atoms with van der Waals surface area (Å²) in [6.45, 7) is -0.161. The summed E-state index contributed by atoms with van der Waals surface area (Å²) in [5.41, 5.74) is 0. The number of alkyl halides is 3. The molecule has 0 aromatic heterocycles. The van der Waals surface area contributed by atoms with Gasteiger partial charge in [-0.3, -0.25) is 4.79 Å². The van der Waals surface area contributed by atoms with Crippen molar-refractivity contribution in [2.24, 2.45) is 0 Å². The van der Waals surface area contributed by atoms with Gasteiger partial charge in [0, 0.05) is 0 Å². The number of amides is 1. The predicted molar refractivity (Wildman–Crippen MR) is 45.3 cm³/mol. The van der Waals surface area contributed by atoms with Crippen molar-refractivity contribution >= 4 is 28.5 Å². The fraction of sp³-hybridized carbons (Fsp3) is 0.833. The molecular formula is C6H8F2INO. The van der Waals surface area contributed by atoms with Gasteiger partial charge < -0.3 is 4.90 Å². The van der Waals surface area contributed by atoms with E-state index in [9.17, 15) is 13.6 Å². The largest absolute Gasteiger partial charge is 0.336 e. The van der Waals surface area contributed by atoms with E-state index in [-0.39, 0.29) is 23.4 Å². The van der Waals surface area contributed by atoms with Crippen molar-refractivity contribution in [1.82, 2.24) is 4.90 Å². The summed E-state index contributed by atoms with van der Waals surface area (Å²) >= 11 is 1.88. The van der Waals surface area contributed by atoms with Crippen LogP contribution >= 0.6 is 22.6 Å². The van der Waals surface area contributed by atoms with E-state index in [2.05, 4.69) is 0 Å². The first kappa shape index (κ1) is 9.15. The third kappa shape index (κ3) is 2.00. The molecular weight excluding hydrogens is 267 g/mol. The van der Waals surface area contributed by atoms with Gasteiger partial charge in [-0.15, -0.1) is 0 Å². The zero-order chi connectivity index (χ0) is 8.43. The lowest BCUT2D eigenvalue weighted by Crippen LogP contribution is -2.29. The van der Waals surface area contributed by atoms with Crippen LogP contribution in [0.25, 0.3) is 0 Å². The molecule has 1 fully saturated rings. The van der Waals surface area contributed by atoms with Gasteiger partial charge in [0.05, 0.1) is 17.5 Å². The summed E-state index contributed by atoms with van der Waals surface area (Å²) in [6.07, 6.45) is -2.97. The van der Waals surface area contributed by atoms with Gasteiger partial charge >= 0.3 is 0 Å². The molecule has 0 spiro atoms. The van der Waals surface area contributed by atoms with Crippen LogP contribution in [0.5, 0.6) is 0 Å². The molecule has 5 heteroatoms. The number of nitrogens with zero attached hydrogens (tertiary/aromatic N) is 1. The van der Waals surface area contributed by atoms with Crippen LogP contribution in [-0.4, -0.2) is 40.7 Å². The van der Waals surface area contributed by atoms with Crippen molar-refractivity contribution in [3.05, 3.63) is 0 Å². The zero-order valence-electron chi connectivity index (χ0n) is 5.77. The molecule has 1 aliphatic rings. The fourth-order valence-corrected chi connectivity index (χ4v) is 1.49. The van der Waals surface area contributed by atoms with Crippen molar-refractivity contribution in [2.45, 2.75) is 12.3 Å². The first-order valence-electron chi connectivity index (χ1n) is 3.27. The van der Waals surface area contributed by atoms with Crippen LogP contribution in [0, 0.1) is 0 Å². The van der Waals surface area contributed by atoms with Crippen LogP contribution in [0.15, 0.2) is 0 Å². The van der Waals surface area contributed by atoms with Crippen molar-refractivity contribution in [3.8, 4) is 0 Å². The highest BCUT2D eigenvalue weighted by molar-refractivity contribution is 14.1. The Balaban J connectivity index is 2.46. The minimum atomic E-state index is -1.48. The number of hydrogen-bond donors (Lipinski definition) is 0. The molecule has 0 N–H and O–H groups in total. The minimum absolute atomic E-state index is 0.0804. The minimum Gasteiger partial charge on any atom is -0.336 e. The molecule has 1 saturated heterocycles. The molecule has 2 nitrogen and oxygen atoms in total. The van der Waals surface area contributed by atoms with Gasteiger partial charge in [0.2, 0.25) is 5.91 Å². The third-order valence-corrected chi connectivity index (χ3v) is 2.30. The number of halogens is 3. The molecule has 1 aliphatic heterocycles. The number of carbonyl (C=O) groups excluding carboxylic acids is 1. The lowest BCUT2D eigenvalue weighted by Gasteiger charge is -2.11. The van der Waals surface area contributed by atoms with Gasteiger partial charge in [0.15, 0.2) is 12.3 Å². The molecule has 0 saturated carbocycles. The van der Waals surface area contributed by atoms with Crippen molar-refractivity contribution in [1.29, 1.82) is 0 Å². The van der Waals surface area contributed by atoms with E-state index in [0.29, 0.717) is 0 Å². The molecule has 0 bridgehead atoms. The van der Waals surface area contributed by atoms with E-state index in [4.69, 9.17) is 0 Å².